The van der Waals surface area contributed by atoms with Gasteiger partial charge >= 0.3 is 0 Å². The molecule has 1 aromatic carbocycles. The van der Waals surface area contributed by atoms with E-state index in [1.54, 1.807) is 6.07 Å². The number of carbonyl (C=O) groups is 1. The van der Waals surface area contributed by atoms with Gasteiger partial charge in [-0.05, 0) is 24.5 Å². The molecule has 0 fully saturated rings. The number of hydrogen-bond acceptors (Lipinski definition) is 1. The molecule has 1 N–H and O–H groups in total. The monoisotopic (exact) mass is 235 g/mol. The number of anilines is 1. The molecular formula is C14H18FNO. The average Bonchev–Trinajstić information content (AvgIpc) is 2.62. The minimum atomic E-state index is -0.520. The fourth-order valence-electron chi connectivity index (χ4n) is 2.66. The minimum Gasteiger partial charge on any atom is -0.323 e. The van der Waals surface area contributed by atoms with Crippen molar-refractivity contribution in [3.8, 4) is 0 Å². The molecule has 1 aromatic rings. The van der Waals surface area contributed by atoms with Crippen molar-refractivity contribution in [3.63, 3.8) is 0 Å². The van der Waals surface area contributed by atoms with E-state index in [1.807, 2.05) is 13.0 Å². The van der Waals surface area contributed by atoms with E-state index in [2.05, 4.69) is 12.2 Å². The first-order valence-electron chi connectivity index (χ1n) is 6.26. The van der Waals surface area contributed by atoms with Gasteiger partial charge < -0.3 is 5.32 Å². The van der Waals surface area contributed by atoms with E-state index in [9.17, 15) is 9.18 Å². The van der Waals surface area contributed by atoms with E-state index >= 15 is 0 Å². The highest BCUT2D eigenvalue weighted by Gasteiger charge is 2.45. The van der Waals surface area contributed by atoms with Gasteiger partial charge in [0.2, 0.25) is 5.91 Å². The zero-order valence-electron chi connectivity index (χ0n) is 10.3. The lowest BCUT2D eigenvalue weighted by Gasteiger charge is -2.25. The summed E-state index contributed by atoms with van der Waals surface area (Å²) in [6.45, 7) is 4.10. The maximum absolute atomic E-state index is 13.7. The van der Waals surface area contributed by atoms with Gasteiger partial charge in [0, 0.05) is 0 Å². The summed E-state index contributed by atoms with van der Waals surface area (Å²) >= 11 is 0. The van der Waals surface area contributed by atoms with Crippen molar-refractivity contribution in [2.45, 2.75) is 44.9 Å². The van der Waals surface area contributed by atoms with Crippen molar-refractivity contribution >= 4 is 11.6 Å². The Labute approximate surface area is 101 Å². The van der Waals surface area contributed by atoms with Gasteiger partial charge in [-0.25, -0.2) is 4.39 Å². The van der Waals surface area contributed by atoms with Gasteiger partial charge in [-0.1, -0.05) is 38.8 Å². The van der Waals surface area contributed by atoms with Crippen molar-refractivity contribution in [1.82, 2.24) is 0 Å². The van der Waals surface area contributed by atoms with E-state index in [0.29, 0.717) is 5.69 Å². The van der Waals surface area contributed by atoms with Crippen LogP contribution in [-0.4, -0.2) is 5.91 Å². The molecule has 3 heteroatoms. The Balaban J connectivity index is 2.48. The fourth-order valence-corrected chi connectivity index (χ4v) is 2.66. The highest BCUT2D eigenvalue weighted by atomic mass is 19.1. The number of hydrogen-bond donors (Lipinski definition) is 1. The lowest BCUT2D eigenvalue weighted by atomic mass is 9.75. The highest BCUT2D eigenvalue weighted by molar-refractivity contribution is 6.06. The number of para-hydroxylation sites is 1. The Morgan fingerprint density at radius 3 is 2.76 bits per heavy atom. The number of benzene rings is 1. The van der Waals surface area contributed by atoms with Gasteiger partial charge in [0.15, 0.2) is 0 Å². The predicted molar refractivity (Wildman–Crippen MR) is 66.5 cm³/mol. The van der Waals surface area contributed by atoms with Crippen LogP contribution in [0.1, 0.15) is 45.1 Å². The summed E-state index contributed by atoms with van der Waals surface area (Å²) in [5.74, 6) is -0.378. The average molecular weight is 235 g/mol. The molecule has 1 heterocycles. The first-order valence-corrected chi connectivity index (χ1v) is 6.26. The first-order chi connectivity index (χ1) is 8.15. The molecule has 0 saturated heterocycles. The number of unbranched alkanes of at least 4 members (excludes halogenated alkanes) is 1. The summed E-state index contributed by atoms with van der Waals surface area (Å²) in [5.41, 5.74) is 0.696. The van der Waals surface area contributed by atoms with Gasteiger partial charge in [-0.15, -0.1) is 0 Å². The van der Waals surface area contributed by atoms with Crippen molar-refractivity contribution in [2.24, 2.45) is 0 Å². The molecular weight excluding hydrogens is 217 g/mol. The molecule has 0 radical (unpaired) electrons. The highest BCUT2D eigenvalue weighted by Crippen LogP contribution is 2.44. The lowest BCUT2D eigenvalue weighted by Crippen LogP contribution is -2.33. The van der Waals surface area contributed by atoms with Crippen LogP contribution in [0.5, 0.6) is 0 Å². The molecule has 0 spiro atoms. The number of nitrogens with one attached hydrogen (secondary N) is 1. The zero-order chi connectivity index (χ0) is 12.5. The Bertz CT molecular complexity index is 444. The molecule has 1 aliphatic rings. The maximum Gasteiger partial charge on any atom is 0.235 e. The van der Waals surface area contributed by atoms with Crippen LogP contribution in [-0.2, 0) is 10.2 Å². The number of amides is 1. The quantitative estimate of drug-likeness (QED) is 0.848. The smallest absolute Gasteiger partial charge is 0.235 e. The fraction of sp³-hybridized carbons (Fsp3) is 0.500. The molecule has 1 atom stereocenters. The topological polar surface area (TPSA) is 29.1 Å². The number of halogens is 1. The number of carbonyl (C=O) groups excluding carboxylic acids is 1. The van der Waals surface area contributed by atoms with Crippen molar-refractivity contribution in [1.29, 1.82) is 0 Å². The van der Waals surface area contributed by atoms with Crippen LogP contribution in [0.4, 0.5) is 10.1 Å². The molecule has 1 aliphatic heterocycles. The Morgan fingerprint density at radius 1 is 1.35 bits per heavy atom. The van der Waals surface area contributed by atoms with E-state index in [0.717, 1.165) is 31.2 Å². The Kier molecular flexibility index (Phi) is 3.18. The van der Waals surface area contributed by atoms with Crippen LogP contribution in [0, 0.1) is 5.82 Å². The van der Waals surface area contributed by atoms with Crippen molar-refractivity contribution in [2.75, 3.05) is 5.32 Å². The maximum atomic E-state index is 13.7. The third-order valence-corrected chi connectivity index (χ3v) is 3.76. The van der Waals surface area contributed by atoms with Crippen molar-refractivity contribution in [3.05, 3.63) is 29.6 Å². The number of fused-ring (bicyclic) bond motifs is 1. The second-order valence-electron chi connectivity index (χ2n) is 4.66. The van der Waals surface area contributed by atoms with Crippen LogP contribution in [0.2, 0.25) is 0 Å². The van der Waals surface area contributed by atoms with E-state index < -0.39 is 5.41 Å². The van der Waals surface area contributed by atoms with Crippen LogP contribution in [0.3, 0.4) is 0 Å². The van der Waals surface area contributed by atoms with E-state index in [1.165, 1.54) is 6.07 Å². The molecule has 1 amide bonds. The third kappa shape index (κ3) is 1.74. The summed E-state index contributed by atoms with van der Waals surface area (Å²) in [7, 11) is 0. The van der Waals surface area contributed by atoms with Gasteiger partial charge in [0.25, 0.3) is 0 Å². The first kappa shape index (κ1) is 12.1. The van der Waals surface area contributed by atoms with Gasteiger partial charge in [-0.2, -0.15) is 0 Å². The predicted octanol–water partition coefficient (Wildman–Crippen LogP) is 3.62. The Hall–Kier alpha value is -1.38. The van der Waals surface area contributed by atoms with Crippen LogP contribution in [0.15, 0.2) is 18.2 Å². The molecule has 17 heavy (non-hydrogen) atoms. The minimum absolute atomic E-state index is 0.0476. The van der Waals surface area contributed by atoms with Crippen LogP contribution in [0.25, 0.3) is 0 Å². The van der Waals surface area contributed by atoms with E-state index in [-0.39, 0.29) is 11.7 Å². The van der Waals surface area contributed by atoms with Gasteiger partial charge in [-0.3, -0.25) is 4.79 Å². The van der Waals surface area contributed by atoms with Crippen LogP contribution < -0.4 is 5.32 Å². The van der Waals surface area contributed by atoms with Gasteiger partial charge in [0.1, 0.15) is 5.82 Å². The summed E-state index contributed by atoms with van der Waals surface area (Å²) in [4.78, 5) is 12.2. The molecule has 0 aromatic heterocycles. The molecule has 0 saturated carbocycles. The second-order valence-corrected chi connectivity index (χ2v) is 4.66. The summed E-state index contributed by atoms with van der Waals surface area (Å²) in [6.07, 6.45) is 3.54. The molecule has 2 rings (SSSR count). The zero-order valence-corrected chi connectivity index (χ0v) is 10.3. The lowest BCUT2D eigenvalue weighted by molar-refractivity contribution is -0.121. The molecule has 1 unspecified atom stereocenters. The van der Waals surface area contributed by atoms with Gasteiger partial charge in [0.05, 0.1) is 11.1 Å². The summed E-state index contributed by atoms with van der Waals surface area (Å²) in [6, 6.07) is 4.95. The molecule has 0 aliphatic carbocycles. The largest absolute Gasteiger partial charge is 0.323 e. The summed E-state index contributed by atoms with van der Waals surface area (Å²) in [5, 5.41) is 2.70. The number of rotatable bonds is 4. The van der Waals surface area contributed by atoms with E-state index in [4.69, 9.17) is 0 Å². The Morgan fingerprint density at radius 2 is 2.12 bits per heavy atom. The van der Waals surface area contributed by atoms with Crippen LogP contribution >= 0.6 is 0 Å². The van der Waals surface area contributed by atoms with Crippen molar-refractivity contribution < 1.29 is 9.18 Å². The summed E-state index contributed by atoms with van der Waals surface area (Å²) < 4.78 is 13.7. The second kappa shape index (κ2) is 4.47. The standard InChI is InChI=1S/C14H18FNO/c1-3-5-9-14(4-2)10-7-6-8-11(15)12(10)16-13(14)17/h6-8H,3-5,9H2,1-2H3,(H,16,17). The normalized spacial score (nSPS) is 22.4. The molecule has 92 valence electrons. The SMILES string of the molecule is CCCCC1(CC)C(=O)Nc2c(F)cccc21. The third-order valence-electron chi connectivity index (χ3n) is 3.76. The molecule has 2 nitrogen and oxygen atoms in total. The molecule has 0 bridgehead atoms.